The van der Waals surface area contributed by atoms with Gasteiger partial charge in [-0.1, -0.05) is 0 Å². The van der Waals surface area contributed by atoms with Gasteiger partial charge in [0.25, 0.3) is 5.92 Å². The molecule has 1 aromatic heterocycles. The SMILES string of the molecule is O=C(NC[C@H]1O[C@@H]2C[C@@H](CC(=O)N3CCC(F)(F)C3)O[C@@H]2[C@@H]1O)Nc1cccnc1. The maximum Gasteiger partial charge on any atom is 0.319 e. The Morgan fingerprint density at radius 1 is 1.37 bits per heavy atom. The smallest absolute Gasteiger partial charge is 0.319 e. The van der Waals surface area contributed by atoms with Gasteiger partial charge in [-0.3, -0.25) is 9.78 Å². The van der Waals surface area contributed by atoms with Crippen molar-refractivity contribution in [3.05, 3.63) is 24.5 Å². The maximum absolute atomic E-state index is 13.3. The summed E-state index contributed by atoms with van der Waals surface area (Å²) in [7, 11) is 0. The monoisotopic (exact) mass is 426 g/mol. The molecule has 3 fully saturated rings. The van der Waals surface area contributed by atoms with Crippen LogP contribution in [0.4, 0.5) is 19.3 Å². The number of urea groups is 1. The fraction of sp³-hybridized carbons (Fsp3) is 0.632. The van der Waals surface area contributed by atoms with E-state index in [0.717, 1.165) is 4.90 Å². The third-order valence-corrected chi connectivity index (χ3v) is 5.59. The molecule has 0 aliphatic carbocycles. The van der Waals surface area contributed by atoms with Crippen LogP contribution in [0.15, 0.2) is 24.5 Å². The average molecular weight is 426 g/mol. The molecule has 1 aromatic rings. The zero-order valence-corrected chi connectivity index (χ0v) is 16.2. The molecule has 30 heavy (non-hydrogen) atoms. The van der Waals surface area contributed by atoms with Crippen LogP contribution < -0.4 is 10.6 Å². The average Bonchev–Trinajstić information content (AvgIpc) is 3.35. The van der Waals surface area contributed by atoms with Crippen LogP contribution in [0.2, 0.25) is 0 Å². The second-order valence-electron chi connectivity index (χ2n) is 7.86. The van der Waals surface area contributed by atoms with Gasteiger partial charge >= 0.3 is 6.03 Å². The Morgan fingerprint density at radius 2 is 2.20 bits per heavy atom. The van der Waals surface area contributed by atoms with Crippen molar-refractivity contribution in [3.63, 3.8) is 0 Å². The number of pyridine rings is 1. The highest BCUT2D eigenvalue weighted by atomic mass is 19.3. The summed E-state index contributed by atoms with van der Waals surface area (Å²) >= 11 is 0. The predicted molar refractivity (Wildman–Crippen MR) is 100.0 cm³/mol. The summed E-state index contributed by atoms with van der Waals surface area (Å²) in [6.07, 6.45) is 0.0149. The molecular weight excluding hydrogens is 402 g/mol. The van der Waals surface area contributed by atoms with Gasteiger partial charge < -0.3 is 30.1 Å². The summed E-state index contributed by atoms with van der Waals surface area (Å²) in [5.41, 5.74) is 0.534. The number of hydrogen-bond acceptors (Lipinski definition) is 6. The quantitative estimate of drug-likeness (QED) is 0.641. The number of aliphatic hydroxyl groups excluding tert-OH is 1. The highest BCUT2D eigenvalue weighted by Crippen LogP contribution is 2.36. The number of nitrogens with one attached hydrogen (secondary N) is 2. The van der Waals surface area contributed by atoms with Gasteiger partial charge in [-0.15, -0.1) is 0 Å². The van der Waals surface area contributed by atoms with Gasteiger partial charge in [-0.05, 0) is 12.1 Å². The lowest BCUT2D eigenvalue weighted by atomic mass is 10.1. The number of fused-ring (bicyclic) bond motifs is 1. The first-order chi connectivity index (χ1) is 14.3. The van der Waals surface area contributed by atoms with E-state index in [1.54, 1.807) is 18.3 Å². The van der Waals surface area contributed by atoms with Gasteiger partial charge in [0, 0.05) is 32.1 Å². The minimum atomic E-state index is -2.83. The summed E-state index contributed by atoms with van der Waals surface area (Å²) in [4.78, 5) is 29.2. The Kier molecular flexibility index (Phi) is 5.85. The number of halogens is 2. The van der Waals surface area contributed by atoms with Gasteiger partial charge in [0.05, 0.1) is 37.1 Å². The Labute approximate surface area is 171 Å². The molecule has 9 nitrogen and oxygen atoms in total. The highest BCUT2D eigenvalue weighted by molar-refractivity contribution is 5.88. The minimum Gasteiger partial charge on any atom is -0.388 e. The number of aromatic nitrogens is 1. The molecule has 4 rings (SSSR count). The van der Waals surface area contributed by atoms with Gasteiger partial charge in [-0.2, -0.15) is 0 Å². The molecule has 3 amide bonds. The molecule has 3 aliphatic rings. The van der Waals surface area contributed by atoms with E-state index in [0.29, 0.717) is 12.1 Å². The molecule has 0 saturated carbocycles. The number of anilines is 1. The second kappa shape index (κ2) is 8.40. The van der Waals surface area contributed by atoms with E-state index in [-0.39, 0.29) is 31.8 Å². The van der Waals surface area contributed by atoms with Crippen molar-refractivity contribution in [2.75, 3.05) is 25.0 Å². The third kappa shape index (κ3) is 4.68. The lowest BCUT2D eigenvalue weighted by Crippen LogP contribution is -2.42. The van der Waals surface area contributed by atoms with Crippen LogP contribution in [0, 0.1) is 0 Å². The molecule has 3 N–H and O–H groups in total. The molecule has 0 aromatic carbocycles. The molecule has 164 valence electrons. The maximum atomic E-state index is 13.3. The molecule has 0 spiro atoms. The zero-order valence-electron chi connectivity index (χ0n) is 16.2. The third-order valence-electron chi connectivity index (χ3n) is 5.59. The Balaban J connectivity index is 1.21. The lowest BCUT2D eigenvalue weighted by molar-refractivity contribution is -0.135. The van der Waals surface area contributed by atoms with E-state index in [9.17, 15) is 23.5 Å². The molecule has 0 bridgehead atoms. The molecule has 3 saturated heterocycles. The van der Waals surface area contributed by atoms with Crippen LogP contribution in [-0.4, -0.2) is 83.0 Å². The molecule has 4 heterocycles. The van der Waals surface area contributed by atoms with Crippen LogP contribution in [0.5, 0.6) is 0 Å². The van der Waals surface area contributed by atoms with Crippen LogP contribution in [0.1, 0.15) is 19.3 Å². The van der Waals surface area contributed by atoms with E-state index < -0.39 is 49.0 Å². The number of nitrogens with zero attached hydrogens (tertiary/aromatic N) is 2. The summed E-state index contributed by atoms with van der Waals surface area (Å²) in [5.74, 6) is -3.21. The Hall–Kier alpha value is -2.37. The standard InChI is InChI=1S/C19H24F2N4O5/c20-19(21)3-5-25(10-19)15(26)7-12-6-13-17(29-12)16(27)14(30-13)9-23-18(28)24-11-2-1-4-22-8-11/h1-2,4,8,12-14,16-17,27H,3,5-7,9-10H2,(H2,23,24,28)/t12-,13+,14+,16+,17-/m0/s1. The lowest BCUT2D eigenvalue weighted by Gasteiger charge is -2.22. The van der Waals surface area contributed by atoms with E-state index in [1.807, 2.05) is 0 Å². The van der Waals surface area contributed by atoms with Crippen molar-refractivity contribution < 1.29 is 33.0 Å². The number of rotatable bonds is 5. The Bertz CT molecular complexity index is 783. The van der Waals surface area contributed by atoms with Crippen molar-refractivity contribution in [2.45, 2.75) is 55.7 Å². The minimum absolute atomic E-state index is 0.0183. The van der Waals surface area contributed by atoms with E-state index in [1.165, 1.54) is 6.20 Å². The first kappa shape index (κ1) is 20.9. The van der Waals surface area contributed by atoms with Crippen molar-refractivity contribution in [3.8, 4) is 0 Å². The van der Waals surface area contributed by atoms with Crippen molar-refractivity contribution in [1.82, 2.24) is 15.2 Å². The fourth-order valence-electron chi connectivity index (χ4n) is 4.09. The van der Waals surface area contributed by atoms with Crippen LogP contribution in [-0.2, 0) is 14.3 Å². The second-order valence-corrected chi connectivity index (χ2v) is 7.86. The number of carbonyl (C=O) groups is 2. The summed E-state index contributed by atoms with van der Waals surface area (Å²) in [6.45, 7) is -0.436. The van der Waals surface area contributed by atoms with Crippen LogP contribution >= 0.6 is 0 Å². The van der Waals surface area contributed by atoms with Crippen LogP contribution in [0.3, 0.4) is 0 Å². The highest BCUT2D eigenvalue weighted by Gasteiger charge is 2.51. The van der Waals surface area contributed by atoms with E-state index in [4.69, 9.17) is 9.47 Å². The normalized spacial score (nSPS) is 32.1. The fourth-order valence-corrected chi connectivity index (χ4v) is 4.09. The molecule has 5 atom stereocenters. The predicted octanol–water partition coefficient (Wildman–Crippen LogP) is 0.747. The number of alkyl halides is 2. The number of likely N-dealkylation sites (tertiary alicyclic amines) is 1. The number of carbonyl (C=O) groups excluding carboxylic acids is 2. The summed E-state index contributed by atoms with van der Waals surface area (Å²) in [6, 6.07) is 2.92. The molecule has 0 unspecified atom stereocenters. The number of amides is 3. The number of hydrogen-bond donors (Lipinski definition) is 3. The molecule has 0 radical (unpaired) electrons. The molecule has 11 heteroatoms. The zero-order chi connectivity index (χ0) is 21.3. The first-order valence-corrected chi connectivity index (χ1v) is 9.90. The Morgan fingerprint density at radius 3 is 2.87 bits per heavy atom. The molecular formula is C19H24F2N4O5. The van der Waals surface area contributed by atoms with E-state index in [2.05, 4.69) is 15.6 Å². The van der Waals surface area contributed by atoms with Gasteiger partial charge in [0.15, 0.2) is 0 Å². The number of aliphatic hydroxyl groups is 1. The van der Waals surface area contributed by atoms with Gasteiger partial charge in [0.1, 0.15) is 18.3 Å². The van der Waals surface area contributed by atoms with Gasteiger partial charge in [-0.25, -0.2) is 13.6 Å². The largest absolute Gasteiger partial charge is 0.388 e. The first-order valence-electron chi connectivity index (χ1n) is 9.90. The van der Waals surface area contributed by atoms with Crippen LogP contribution in [0.25, 0.3) is 0 Å². The molecule has 3 aliphatic heterocycles. The topological polar surface area (TPSA) is 113 Å². The van der Waals surface area contributed by atoms with Crippen molar-refractivity contribution in [1.29, 1.82) is 0 Å². The van der Waals surface area contributed by atoms with Crippen molar-refractivity contribution >= 4 is 17.6 Å². The van der Waals surface area contributed by atoms with Gasteiger partial charge in [0.2, 0.25) is 5.91 Å². The van der Waals surface area contributed by atoms with E-state index >= 15 is 0 Å². The van der Waals surface area contributed by atoms with Crippen molar-refractivity contribution in [2.24, 2.45) is 0 Å². The summed E-state index contributed by atoms with van der Waals surface area (Å²) in [5, 5.41) is 15.7. The number of ether oxygens (including phenoxy) is 2. The summed E-state index contributed by atoms with van der Waals surface area (Å²) < 4.78 is 38.1.